The highest BCUT2D eigenvalue weighted by Crippen LogP contribution is 2.10. The fourth-order valence-corrected chi connectivity index (χ4v) is 1.65. The van der Waals surface area contributed by atoms with E-state index in [-0.39, 0.29) is 18.2 Å². The zero-order chi connectivity index (χ0) is 13.3. The summed E-state index contributed by atoms with van der Waals surface area (Å²) in [7, 11) is 1.39. The van der Waals surface area contributed by atoms with Gasteiger partial charge in [0, 0.05) is 13.5 Å². The molecule has 0 aliphatic carbocycles. The number of amides is 3. The molecule has 2 N–H and O–H groups in total. The first kappa shape index (κ1) is 12.2. The highest BCUT2D eigenvalue weighted by atomic mass is 16.2. The first-order chi connectivity index (χ1) is 8.52. The molecule has 0 spiro atoms. The zero-order valence-corrected chi connectivity index (χ0v) is 10.1. The SMILES string of the molecule is CCc1nc(C(=O)NC2CC(=O)N(C)C2=O)n[nH]1. The Labute approximate surface area is 103 Å². The van der Waals surface area contributed by atoms with Crippen LogP contribution >= 0.6 is 0 Å². The van der Waals surface area contributed by atoms with E-state index >= 15 is 0 Å². The lowest BCUT2D eigenvalue weighted by atomic mass is 10.2. The predicted molar refractivity (Wildman–Crippen MR) is 59.4 cm³/mol. The molecule has 1 saturated heterocycles. The van der Waals surface area contributed by atoms with E-state index in [9.17, 15) is 14.4 Å². The number of aryl methyl sites for hydroxylation is 1. The maximum absolute atomic E-state index is 11.8. The van der Waals surface area contributed by atoms with Crippen LogP contribution in [0.3, 0.4) is 0 Å². The maximum atomic E-state index is 11.8. The molecule has 1 unspecified atom stereocenters. The van der Waals surface area contributed by atoms with E-state index in [0.717, 1.165) is 4.90 Å². The van der Waals surface area contributed by atoms with Crippen LogP contribution in [0.5, 0.6) is 0 Å². The third-order valence-corrected chi connectivity index (χ3v) is 2.76. The molecular weight excluding hydrogens is 238 g/mol. The van der Waals surface area contributed by atoms with Crippen LogP contribution in [-0.2, 0) is 16.0 Å². The molecule has 2 heterocycles. The van der Waals surface area contributed by atoms with Gasteiger partial charge in [0.15, 0.2) is 0 Å². The molecule has 8 heteroatoms. The topological polar surface area (TPSA) is 108 Å². The lowest BCUT2D eigenvalue weighted by molar-refractivity contribution is -0.137. The van der Waals surface area contributed by atoms with Crippen molar-refractivity contribution in [3.8, 4) is 0 Å². The Balaban J connectivity index is 2.04. The molecule has 1 aliphatic rings. The largest absolute Gasteiger partial charge is 0.337 e. The third kappa shape index (κ3) is 2.08. The van der Waals surface area contributed by atoms with Gasteiger partial charge in [-0.15, -0.1) is 5.10 Å². The average Bonchev–Trinajstić information content (AvgIpc) is 2.92. The van der Waals surface area contributed by atoms with Crippen molar-refractivity contribution in [1.82, 2.24) is 25.4 Å². The van der Waals surface area contributed by atoms with E-state index < -0.39 is 17.9 Å². The summed E-state index contributed by atoms with van der Waals surface area (Å²) < 4.78 is 0. The minimum atomic E-state index is -0.821. The van der Waals surface area contributed by atoms with Gasteiger partial charge in [0.05, 0.1) is 6.42 Å². The number of likely N-dealkylation sites (N-methyl/N-ethyl adjacent to an activating group) is 1. The fourth-order valence-electron chi connectivity index (χ4n) is 1.65. The minimum Gasteiger partial charge on any atom is -0.337 e. The number of rotatable bonds is 3. The molecule has 2 rings (SSSR count). The summed E-state index contributed by atoms with van der Waals surface area (Å²) in [5.74, 6) is -0.728. The van der Waals surface area contributed by atoms with Crippen LogP contribution in [0.1, 0.15) is 29.8 Å². The second-order valence-electron chi connectivity index (χ2n) is 3.98. The summed E-state index contributed by atoms with van der Waals surface area (Å²) in [5, 5.41) is 8.79. The number of likely N-dealkylation sites (tertiary alicyclic amines) is 1. The molecule has 1 fully saturated rings. The predicted octanol–water partition coefficient (Wildman–Crippen LogP) is -1.15. The molecule has 0 radical (unpaired) electrons. The average molecular weight is 251 g/mol. The Hall–Kier alpha value is -2.25. The molecule has 1 aromatic rings. The van der Waals surface area contributed by atoms with Gasteiger partial charge in [-0.3, -0.25) is 24.4 Å². The molecule has 96 valence electrons. The summed E-state index contributed by atoms with van der Waals surface area (Å²) in [5.41, 5.74) is 0. The van der Waals surface area contributed by atoms with Crippen LogP contribution in [0.25, 0.3) is 0 Å². The van der Waals surface area contributed by atoms with E-state index in [0.29, 0.717) is 12.2 Å². The Morgan fingerprint density at radius 1 is 1.56 bits per heavy atom. The second-order valence-corrected chi connectivity index (χ2v) is 3.98. The molecule has 8 nitrogen and oxygen atoms in total. The monoisotopic (exact) mass is 251 g/mol. The Kier molecular flexibility index (Phi) is 3.09. The Bertz CT molecular complexity index is 509. The van der Waals surface area contributed by atoms with Crippen LogP contribution in [0, 0.1) is 0 Å². The van der Waals surface area contributed by atoms with E-state index in [4.69, 9.17) is 0 Å². The van der Waals surface area contributed by atoms with E-state index in [1.807, 2.05) is 6.92 Å². The molecule has 1 aliphatic heterocycles. The van der Waals surface area contributed by atoms with Crippen LogP contribution in [0.15, 0.2) is 0 Å². The summed E-state index contributed by atoms with van der Waals surface area (Å²) in [6.07, 6.45) is 0.607. The van der Waals surface area contributed by atoms with Crippen molar-refractivity contribution in [3.05, 3.63) is 11.6 Å². The number of aromatic amines is 1. The number of carbonyl (C=O) groups excluding carboxylic acids is 3. The number of hydrogen-bond donors (Lipinski definition) is 2. The number of nitrogens with one attached hydrogen (secondary N) is 2. The fraction of sp³-hybridized carbons (Fsp3) is 0.500. The lowest BCUT2D eigenvalue weighted by Crippen LogP contribution is -2.41. The van der Waals surface area contributed by atoms with E-state index in [1.54, 1.807) is 0 Å². The molecule has 18 heavy (non-hydrogen) atoms. The van der Waals surface area contributed by atoms with Gasteiger partial charge in [0.1, 0.15) is 11.9 Å². The number of aromatic nitrogens is 3. The quantitative estimate of drug-likeness (QED) is 0.660. The standard InChI is InChI=1S/C10H13N5O3/c1-3-6-12-8(14-13-6)9(17)11-5-4-7(16)15(2)10(5)18/h5H,3-4H2,1-2H3,(H,11,17)(H,12,13,14). The van der Waals surface area contributed by atoms with E-state index in [1.165, 1.54) is 7.05 Å². The summed E-state index contributed by atoms with van der Waals surface area (Å²) in [6.45, 7) is 1.87. The first-order valence-electron chi connectivity index (χ1n) is 5.55. The van der Waals surface area contributed by atoms with Gasteiger partial charge in [-0.1, -0.05) is 6.92 Å². The summed E-state index contributed by atoms with van der Waals surface area (Å²) >= 11 is 0. The normalized spacial score (nSPS) is 19.4. The van der Waals surface area contributed by atoms with Gasteiger partial charge in [-0.25, -0.2) is 4.98 Å². The van der Waals surface area contributed by atoms with Crippen molar-refractivity contribution < 1.29 is 14.4 Å². The number of nitrogens with zero attached hydrogens (tertiary/aromatic N) is 3. The smallest absolute Gasteiger partial charge is 0.291 e. The van der Waals surface area contributed by atoms with Crippen LogP contribution in [0.4, 0.5) is 0 Å². The van der Waals surface area contributed by atoms with Gasteiger partial charge in [-0.05, 0) is 0 Å². The Morgan fingerprint density at radius 2 is 2.28 bits per heavy atom. The van der Waals surface area contributed by atoms with Crippen molar-refractivity contribution in [1.29, 1.82) is 0 Å². The number of carbonyl (C=O) groups is 3. The molecule has 1 aromatic heterocycles. The maximum Gasteiger partial charge on any atom is 0.291 e. The van der Waals surface area contributed by atoms with Crippen LogP contribution in [0.2, 0.25) is 0 Å². The summed E-state index contributed by atoms with van der Waals surface area (Å²) in [6, 6.07) is -0.821. The lowest BCUT2D eigenvalue weighted by Gasteiger charge is -2.09. The zero-order valence-electron chi connectivity index (χ0n) is 10.1. The second kappa shape index (κ2) is 4.55. The molecule has 3 amide bonds. The third-order valence-electron chi connectivity index (χ3n) is 2.76. The first-order valence-corrected chi connectivity index (χ1v) is 5.55. The van der Waals surface area contributed by atoms with Crippen LogP contribution < -0.4 is 5.32 Å². The molecule has 0 aromatic carbocycles. The van der Waals surface area contributed by atoms with Gasteiger partial charge < -0.3 is 5.32 Å². The van der Waals surface area contributed by atoms with Crippen molar-refractivity contribution >= 4 is 17.7 Å². The van der Waals surface area contributed by atoms with Crippen molar-refractivity contribution in [3.63, 3.8) is 0 Å². The Morgan fingerprint density at radius 3 is 2.78 bits per heavy atom. The number of hydrogen-bond acceptors (Lipinski definition) is 5. The van der Waals surface area contributed by atoms with E-state index in [2.05, 4.69) is 20.5 Å². The van der Waals surface area contributed by atoms with Crippen molar-refractivity contribution in [2.24, 2.45) is 0 Å². The number of imide groups is 1. The van der Waals surface area contributed by atoms with Gasteiger partial charge in [0.25, 0.3) is 11.8 Å². The van der Waals surface area contributed by atoms with Gasteiger partial charge >= 0.3 is 0 Å². The number of H-pyrrole nitrogens is 1. The van der Waals surface area contributed by atoms with Gasteiger partial charge in [-0.2, -0.15) is 0 Å². The van der Waals surface area contributed by atoms with Gasteiger partial charge in [0.2, 0.25) is 11.7 Å². The van der Waals surface area contributed by atoms with Crippen molar-refractivity contribution in [2.45, 2.75) is 25.8 Å². The highest BCUT2D eigenvalue weighted by molar-refractivity contribution is 6.07. The van der Waals surface area contributed by atoms with Crippen molar-refractivity contribution in [2.75, 3.05) is 7.05 Å². The summed E-state index contributed by atoms with van der Waals surface area (Å²) in [4.78, 5) is 39.6. The molecule has 1 atom stereocenters. The minimum absolute atomic E-state index is 0.0217. The van der Waals surface area contributed by atoms with Crippen LogP contribution in [-0.4, -0.2) is 50.9 Å². The molecule has 0 saturated carbocycles. The molecular formula is C10H13N5O3. The highest BCUT2D eigenvalue weighted by Gasteiger charge is 2.37. The molecule has 0 bridgehead atoms.